The standard InChI is InChI=1S/C18H21ClN2O4S/c1-11-5-6-12(2)14(9-11)21-16(22)10-20-13-7-8-15(25-3)17(19)18(13)26(4,23)24/h5-9,20H,10H2,1-4H3,(H,21,22). The van der Waals surface area contributed by atoms with Gasteiger partial charge >= 0.3 is 0 Å². The summed E-state index contributed by atoms with van der Waals surface area (Å²) >= 11 is 6.14. The Morgan fingerprint density at radius 2 is 1.85 bits per heavy atom. The molecule has 0 spiro atoms. The van der Waals surface area contributed by atoms with Crippen molar-refractivity contribution in [3.63, 3.8) is 0 Å². The highest BCUT2D eigenvalue weighted by Crippen LogP contribution is 2.36. The van der Waals surface area contributed by atoms with Gasteiger partial charge in [0.25, 0.3) is 0 Å². The van der Waals surface area contributed by atoms with Crippen molar-refractivity contribution in [3.8, 4) is 5.75 Å². The Bertz CT molecular complexity index is 942. The van der Waals surface area contributed by atoms with E-state index in [4.69, 9.17) is 16.3 Å². The molecule has 26 heavy (non-hydrogen) atoms. The SMILES string of the molecule is COc1ccc(NCC(=O)Nc2cc(C)ccc2C)c(S(C)(=O)=O)c1Cl. The first-order chi connectivity index (χ1) is 12.1. The van der Waals surface area contributed by atoms with E-state index in [1.165, 1.54) is 13.2 Å². The van der Waals surface area contributed by atoms with Crippen molar-refractivity contribution in [2.75, 3.05) is 30.5 Å². The smallest absolute Gasteiger partial charge is 0.243 e. The first-order valence-electron chi connectivity index (χ1n) is 7.81. The molecule has 140 valence electrons. The average molecular weight is 397 g/mol. The van der Waals surface area contributed by atoms with Crippen LogP contribution in [0.15, 0.2) is 35.2 Å². The molecule has 0 bridgehead atoms. The molecule has 2 rings (SSSR count). The van der Waals surface area contributed by atoms with Crippen molar-refractivity contribution in [1.82, 2.24) is 0 Å². The average Bonchev–Trinajstić information content (AvgIpc) is 2.55. The molecule has 0 aliphatic heterocycles. The number of carbonyl (C=O) groups excluding carboxylic acids is 1. The summed E-state index contributed by atoms with van der Waals surface area (Å²) in [5, 5.41) is 5.62. The van der Waals surface area contributed by atoms with Crippen LogP contribution in [0.25, 0.3) is 0 Å². The largest absolute Gasteiger partial charge is 0.495 e. The number of hydrogen-bond acceptors (Lipinski definition) is 5. The second-order valence-electron chi connectivity index (χ2n) is 5.95. The lowest BCUT2D eigenvalue weighted by molar-refractivity contribution is -0.114. The van der Waals surface area contributed by atoms with Crippen molar-refractivity contribution in [2.45, 2.75) is 18.7 Å². The zero-order chi connectivity index (χ0) is 19.5. The molecular formula is C18H21ClN2O4S. The van der Waals surface area contributed by atoms with Gasteiger partial charge < -0.3 is 15.4 Å². The molecule has 2 aromatic rings. The summed E-state index contributed by atoms with van der Waals surface area (Å²) < 4.78 is 29.2. The molecule has 0 heterocycles. The second-order valence-corrected chi connectivity index (χ2v) is 8.28. The molecule has 0 unspecified atom stereocenters. The number of methoxy groups -OCH3 is 1. The zero-order valence-corrected chi connectivity index (χ0v) is 16.6. The van der Waals surface area contributed by atoms with Gasteiger partial charge in [-0.05, 0) is 43.2 Å². The first kappa shape index (κ1) is 20.1. The molecule has 0 radical (unpaired) electrons. The fraction of sp³-hybridized carbons (Fsp3) is 0.278. The molecule has 8 heteroatoms. The summed E-state index contributed by atoms with van der Waals surface area (Å²) in [7, 11) is -2.22. The minimum Gasteiger partial charge on any atom is -0.495 e. The maximum absolute atomic E-state index is 12.2. The number of amides is 1. The highest BCUT2D eigenvalue weighted by Gasteiger charge is 2.21. The summed E-state index contributed by atoms with van der Waals surface area (Å²) in [6.45, 7) is 3.72. The Labute approximate surface area is 158 Å². The number of sulfone groups is 1. The number of nitrogens with one attached hydrogen (secondary N) is 2. The van der Waals surface area contributed by atoms with Crippen molar-refractivity contribution >= 4 is 38.7 Å². The maximum Gasteiger partial charge on any atom is 0.243 e. The summed E-state index contributed by atoms with van der Waals surface area (Å²) in [5.74, 6) is -0.0532. The van der Waals surface area contributed by atoms with Crippen LogP contribution in [-0.4, -0.2) is 34.2 Å². The molecule has 0 fully saturated rings. The number of ether oxygens (including phenoxy) is 1. The molecule has 2 N–H and O–H groups in total. The Morgan fingerprint density at radius 1 is 1.15 bits per heavy atom. The summed E-state index contributed by atoms with van der Waals surface area (Å²) in [6.07, 6.45) is 1.05. The number of aryl methyl sites for hydroxylation is 2. The normalized spacial score (nSPS) is 11.1. The van der Waals surface area contributed by atoms with Crippen LogP contribution < -0.4 is 15.4 Å². The summed E-state index contributed by atoms with van der Waals surface area (Å²) in [4.78, 5) is 12.1. The molecule has 0 aliphatic rings. The van der Waals surface area contributed by atoms with Crippen LogP contribution in [0.2, 0.25) is 5.02 Å². The highest BCUT2D eigenvalue weighted by atomic mass is 35.5. The molecule has 0 saturated heterocycles. The number of benzene rings is 2. The maximum atomic E-state index is 12.2. The van der Waals surface area contributed by atoms with E-state index in [0.717, 1.165) is 17.4 Å². The number of carbonyl (C=O) groups is 1. The van der Waals surface area contributed by atoms with Gasteiger partial charge in [0.2, 0.25) is 5.91 Å². The minimum atomic E-state index is -3.62. The molecular weight excluding hydrogens is 376 g/mol. The lowest BCUT2D eigenvalue weighted by atomic mass is 10.1. The molecule has 1 amide bonds. The molecule has 0 aromatic heterocycles. The van der Waals surface area contributed by atoms with Crippen molar-refractivity contribution in [2.24, 2.45) is 0 Å². The van der Waals surface area contributed by atoms with E-state index in [1.54, 1.807) is 6.07 Å². The van der Waals surface area contributed by atoms with Crippen molar-refractivity contribution in [1.29, 1.82) is 0 Å². The van der Waals surface area contributed by atoms with Gasteiger partial charge in [-0.2, -0.15) is 0 Å². The van der Waals surface area contributed by atoms with Gasteiger partial charge in [0.05, 0.1) is 19.3 Å². The monoisotopic (exact) mass is 396 g/mol. The van der Waals surface area contributed by atoms with Gasteiger partial charge in [-0.25, -0.2) is 8.42 Å². The van der Waals surface area contributed by atoms with Gasteiger partial charge in [-0.15, -0.1) is 0 Å². The van der Waals surface area contributed by atoms with Crippen LogP contribution in [0, 0.1) is 13.8 Å². The van der Waals surface area contributed by atoms with Crippen molar-refractivity contribution < 1.29 is 17.9 Å². The Morgan fingerprint density at radius 3 is 2.46 bits per heavy atom. The van der Waals surface area contributed by atoms with E-state index in [0.29, 0.717) is 5.69 Å². The number of anilines is 2. The van der Waals surface area contributed by atoms with Crippen molar-refractivity contribution in [3.05, 3.63) is 46.5 Å². The van der Waals surface area contributed by atoms with Gasteiger partial charge in [0, 0.05) is 11.9 Å². The first-order valence-corrected chi connectivity index (χ1v) is 10.1. The zero-order valence-electron chi connectivity index (χ0n) is 15.0. The predicted molar refractivity (Wildman–Crippen MR) is 104 cm³/mol. The number of hydrogen-bond donors (Lipinski definition) is 2. The summed E-state index contributed by atoms with van der Waals surface area (Å²) in [5.41, 5.74) is 2.93. The third-order valence-electron chi connectivity index (χ3n) is 3.76. The van der Waals surface area contributed by atoms with E-state index in [2.05, 4.69) is 10.6 Å². The second kappa shape index (κ2) is 7.97. The fourth-order valence-corrected chi connectivity index (χ4v) is 4.07. The Hall–Kier alpha value is -2.25. The molecule has 0 atom stereocenters. The van der Waals surface area contributed by atoms with Gasteiger partial charge in [-0.3, -0.25) is 4.79 Å². The van der Waals surface area contributed by atoms with Crippen LogP contribution in [0.3, 0.4) is 0 Å². The third kappa shape index (κ3) is 4.68. The number of halogens is 1. The van der Waals surface area contributed by atoms with E-state index in [9.17, 15) is 13.2 Å². The van der Waals surface area contributed by atoms with Crippen LogP contribution in [0.5, 0.6) is 5.75 Å². The quantitative estimate of drug-likeness (QED) is 0.781. The van der Waals surface area contributed by atoms with Crippen LogP contribution >= 0.6 is 11.6 Å². The van der Waals surface area contributed by atoms with Gasteiger partial charge in [0.15, 0.2) is 9.84 Å². The van der Waals surface area contributed by atoms with E-state index >= 15 is 0 Å². The van der Waals surface area contributed by atoms with Crippen LogP contribution in [0.1, 0.15) is 11.1 Å². The van der Waals surface area contributed by atoms with Crippen LogP contribution in [-0.2, 0) is 14.6 Å². The van der Waals surface area contributed by atoms with E-state index in [-0.39, 0.29) is 33.8 Å². The van der Waals surface area contributed by atoms with E-state index in [1.807, 2.05) is 32.0 Å². The molecule has 2 aromatic carbocycles. The summed E-state index contributed by atoms with van der Waals surface area (Å²) in [6, 6.07) is 8.82. The Kier molecular flexibility index (Phi) is 6.15. The minimum absolute atomic E-state index is 0.0186. The lowest BCUT2D eigenvalue weighted by Crippen LogP contribution is -2.23. The molecule has 6 nitrogen and oxygen atoms in total. The third-order valence-corrected chi connectivity index (χ3v) is 5.41. The fourth-order valence-electron chi connectivity index (χ4n) is 2.44. The number of rotatable bonds is 6. The Balaban J connectivity index is 2.20. The van der Waals surface area contributed by atoms with Gasteiger partial charge in [-0.1, -0.05) is 23.7 Å². The topological polar surface area (TPSA) is 84.5 Å². The molecule has 0 aliphatic carbocycles. The lowest BCUT2D eigenvalue weighted by Gasteiger charge is -2.15. The highest BCUT2D eigenvalue weighted by molar-refractivity contribution is 7.91. The van der Waals surface area contributed by atoms with E-state index < -0.39 is 9.84 Å². The van der Waals surface area contributed by atoms with Crippen LogP contribution in [0.4, 0.5) is 11.4 Å². The van der Waals surface area contributed by atoms with Gasteiger partial charge in [0.1, 0.15) is 15.7 Å². The predicted octanol–water partition coefficient (Wildman–Crippen LogP) is 3.42. The molecule has 0 saturated carbocycles.